The van der Waals surface area contributed by atoms with Gasteiger partial charge in [-0.15, -0.1) is 12.4 Å². The van der Waals surface area contributed by atoms with E-state index in [0.29, 0.717) is 5.71 Å². The van der Waals surface area contributed by atoms with E-state index in [1.54, 1.807) is 0 Å². The number of carbonyl (C=O) groups excluding carboxylic acids is 1. The van der Waals surface area contributed by atoms with Crippen molar-refractivity contribution in [2.75, 3.05) is 0 Å². The van der Waals surface area contributed by atoms with Crippen molar-refractivity contribution >= 4 is 36.3 Å². The van der Waals surface area contributed by atoms with Crippen molar-refractivity contribution in [3.05, 3.63) is 0 Å². The lowest BCUT2D eigenvalue weighted by molar-refractivity contribution is -0.113. The predicted molar refractivity (Wildman–Crippen MR) is 50.3 cm³/mol. The molecule has 1 amide bonds. The van der Waals surface area contributed by atoms with Crippen LogP contribution >= 0.6 is 12.4 Å². The van der Waals surface area contributed by atoms with Crippen LogP contribution in [0.4, 0.5) is 0 Å². The number of hydrogen-bond donors (Lipinski definition) is 2. The van der Waals surface area contributed by atoms with Crippen molar-refractivity contribution in [3.63, 3.8) is 0 Å². The van der Waals surface area contributed by atoms with Gasteiger partial charge in [0.25, 0.3) is 5.91 Å². The molecule has 0 aromatic heterocycles. The van der Waals surface area contributed by atoms with Crippen molar-refractivity contribution in [1.82, 2.24) is 5.32 Å². The van der Waals surface area contributed by atoms with Crippen LogP contribution < -0.4 is 11.1 Å². The summed E-state index contributed by atoms with van der Waals surface area (Å²) in [5, 5.41) is 2.33. The SMILES string of the molecule is Cl.NC1=NC2N=CN=C2C(=O)N1.O. The second-order valence-electron chi connectivity index (χ2n) is 2.12. The highest BCUT2D eigenvalue weighted by molar-refractivity contribution is 6.46. The number of amides is 1. The predicted octanol–water partition coefficient (Wildman–Crippen LogP) is -2.16. The highest BCUT2D eigenvalue weighted by atomic mass is 35.5. The smallest absolute Gasteiger partial charge is 0.276 e. The van der Waals surface area contributed by atoms with Crippen LogP contribution in [0, 0.1) is 0 Å². The molecule has 2 aliphatic heterocycles. The van der Waals surface area contributed by atoms with Gasteiger partial charge in [0.2, 0.25) is 0 Å². The van der Waals surface area contributed by atoms with E-state index in [9.17, 15) is 4.79 Å². The number of nitrogens with one attached hydrogen (secondary N) is 1. The Labute approximate surface area is 79.6 Å². The summed E-state index contributed by atoms with van der Waals surface area (Å²) in [5.74, 6) is -0.224. The summed E-state index contributed by atoms with van der Waals surface area (Å²) in [7, 11) is 0. The van der Waals surface area contributed by atoms with Crippen LogP contribution in [0.15, 0.2) is 15.0 Å². The Kier molecular flexibility index (Phi) is 3.52. The number of rotatable bonds is 0. The van der Waals surface area contributed by atoms with Gasteiger partial charge in [-0.25, -0.2) is 15.0 Å². The minimum Gasteiger partial charge on any atom is -0.412 e. The van der Waals surface area contributed by atoms with Gasteiger partial charge in [-0.05, 0) is 0 Å². The summed E-state index contributed by atoms with van der Waals surface area (Å²) in [6, 6.07) is 0. The molecule has 0 radical (unpaired) electrons. The maximum Gasteiger partial charge on any atom is 0.276 e. The van der Waals surface area contributed by atoms with E-state index in [1.807, 2.05) is 0 Å². The molecule has 13 heavy (non-hydrogen) atoms. The molecule has 2 rings (SSSR count). The molecule has 1 unspecified atom stereocenters. The monoisotopic (exact) mass is 205 g/mol. The zero-order valence-corrected chi connectivity index (χ0v) is 7.21. The van der Waals surface area contributed by atoms with E-state index in [-0.39, 0.29) is 29.7 Å². The van der Waals surface area contributed by atoms with Gasteiger partial charge in [-0.2, -0.15) is 0 Å². The molecule has 8 heteroatoms. The van der Waals surface area contributed by atoms with Crippen LogP contribution in [-0.4, -0.2) is 35.6 Å². The van der Waals surface area contributed by atoms with Gasteiger partial charge in [0.1, 0.15) is 6.34 Å². The first-order valence-electron chi connectivity index (χ1n) is 3.01. The highest BCUT2D eigenvalue weighted by Gasteiger charge is 2.28. The molecule has 5 N–H and O–H groups in total. The molecule has 0 aromatic carbocycles. The van der Waals surface area contributed by atoms with E-state index >= 15 is 0 Å². The van der Waals surface area contributed by atoms with E-state index in [1.165, 1.54) is 6.34 Å². The molecule has 0 aliphatic carbocycles. The molecule has 2 aliphatic rings. The maximum absolute atomic E-state index is 11.0. The number of nitrogens with zero attached hydrogens (tertiary/aromatic N) is 3. The molecule has 0 saturated carbocycles. The molecule has 0 fully saturated rings. The second kappa shape index (κ2) is 3.97. The first-order valence-corrected chi connectivity index (χ1v) is 3.01. The van der Waals surface area contributed by atoms with Gasteiger partial charge in [0.15, 0.2) is 17.8 Å². The Hall–Kier alpha value is -1.47. The van der Waals surface area contributed by atoms with E-state index in [0.717, 1.165) is 0 Å². The molecule has 0 saturated heterocycles. The summed E-state index contributed by atoms with van der Waals surface area (Å²) in [5.41, 5.74) is 5.58. The highest BCUT2D eigenvalue weighted by Crippen LogP contribution is 2.06. The summed E-state index contributed by atoms with van der Waals surface area (Å²) in [6.07, 6.45) is 0.797. The molecule has 0 aromatic rings. The zero-order valence-electron chi connectivity index (χ0n) is 6.39. The van der Waals surface area contributed by atoms with E-state index < -0.39 is 6.17 Å². The Morgan fingerprint density at radius 3 is 2.92 bits per heavy atom. The summed E-state index contributed by atoms with van der Waals surface area (Å²) in [4.78, 5) is 22.4. The number of aliphatic imine (C=N–C) groups is 3. The lowest BCUT2D eigenvalue weighted by Gasteiger charge is -2.13. The first kappa shape index (κ1) is 11.5. The normalized spacial score (nSPS) is 23.1. The third-order valence-corrected chi connectivity index (χ3v) is 1.38. The van der Waals surface area contributed by atoms with Crippen LogP contribution in [0.2, 0.25) is 0 Å². The van der Waals surface area contributed by atoms with Crippen LogP contribution in [0.25, 0.3) is 0 Å². The summed E-state index contributed by atoms with van der Waals surface area (Å²) in [6.45, 7) is 0. The van der Waals surface area contributed by atoms with Gasteiger partial charge < -0.3 is 11.2 Å². The fourth-order valence-electron chi connectivity index (χ4n) is 0.911. The molecular formula is C5H8ClN5O2. The molecule has 7 nitrogen and oxygen atoms in total. The molecule has 72 valence electrons. The lowest BCUT2D eigenvalue weighted by atomic mass is 10.2. The van der Waals surface area contributed by atoms with Gasteiger partial charge in [-0.3, -0.25) is 10.1 Å². The second-order valence-corrected chi connectivity index (χ2v) is 2.12. The number of halogens is 1. The Balaban J connectivity index is 0.000000720. The van der Waals surface area contributed by atoms with Crippen LogP contribution in [0.3, 0.4) is 0 Å². The largest absolute Gasteiger partial charge is 0.412 e. The Morgan fingerprint density at radius 1 is 1.54 bits per heavy atom. The molecular weight excluding hydrogens is 198 g/mol. The van der Waals surface area contributed by atoms with E-state index in [2.05, 4.69) is 20.3 Å². The number of nitrogens with two attached hydrogens (primary N) is 1. The summed E-state index contributed by atoms with van der Waals surface area (Å²) >= 11 is 0. The average Bonchev–Trinajstić information content (AvgIpc) is 2.34. The minimum atomic E-state index is -0.510. The summed E-state index contributed by atoms with van der Waals surface area (Å²) < 4.78 is 0. The van der Waals surface area contributed by atoms with Crippen molar-refractivity contribution in [3.8, 4) is 0 Å². The Morgan fingerprint density at radius 2 is 2.23 bits per heavy atom. The number of guanidine groups is 1. The maximum atomic E-state index is 11.0. The van der Waals surface area contributed by atoms with Crippen molar-refractivity contribution in [1.29, 1.82) is 0 Å². The molecule has 0 bridgehead atoms. The van der Waals surface area contributed by atoms with Crippen LogP contribution in [0.5, 0.6) is 0 Å². The van der Waals surface area contributed by atoms with Gasteiger partial charge in [0, 0.05) is 0 Å². The lowest BCUT2D eigenvalue weighted by Crippen LogP contribution is -2.48. The fraction of sp³-hybridized carbons (Fsp3) is 0.200. The van der Waals surface area contributed by atoms with Crippen LogP contribution in [0.1, 0.15) is 0 Å². The average molecular weight is 206 g/mol. The fourth-order valence-corrected chi connectivity index (χ4v) is 0.911. The molecule has 0 spiro atoms. The van der Waals surface area contributed by atoms with Crippen molar-refractivity contribution in [2.45, 2.75) is 6.17 Å². The Bertz CT molecular complexity index is 310. The topological polar surface area (TPSA) is 124 Å². The number of fused-ring (bicyclic) bond motifs is 1. The number of carbonyl (C=O) groups is 1. The van der Waals surface area contributed by atoms with Gasteiger partial charge in [-0.1, -0.05) is 0 Å². The molecule has 1 atom stereocenters. The standard InChI is InChI=1S/C5H5N5O.ClH.H2O/c6-5-9-3-2(4(11)10-5)7-1-8-3;;/h1,3H,(H3,6,9,10,11);1H;1H2. The third kappa shape index (κ3) is 1.82. The van der Waals surface area contributed by atoms with Gasteiger partial charge >= 0.3 is 0 Å². The van der Waals surface area contributed by atoms with Crippen LogP contribution in [-0.2, 0) is 4.79 Å². The van der Waals surface area contributed by atoms with Crippen molar-refractivity contribution in [2.24, 2.45) is 20.7 Å². The molecule has 2 heterocycles. The van der Waals surface area contributed by atoms with Gasteiger partial charge in [0.05, 0.1) is 0 Å². The zero-order chi connectivity index (χ0) is 7.84. The number of hydrogen-bond acceptors (Lipinski definition) is 5. The van der Waals surface area contributed by atoms with E-state index in [4.69, 9.17) is 5.73 Å². The first-order chi connectivity index (χ1) is 5.27. The quantitative estimate of drug-likeness (QED) is 0.468. The minimum absolute atomic E-state index is 0. The van der Waals surface area contributed by atoms with Crippen molar-refractivity contribution < 1.29 is 10.3 Å². The third-order valence-electron chi connectivity index (χ3n) is 1.38.